The van der Waals surface area contributed by atoms with E-state index in [1.807, 2.05) is 25.1 Å². The van der Waals surface area contributed by atoms with Crippen LogP contribution in [0, 0.1) is 13.8 Å². The number of benzene rings is 1. The molecular weight excluding hydrogens is 270 g/mol. The maximum Gasteiger partial charge on any atom is 0.219 e. The van der Waals surface area contributed by atoms with Gasteiger partial charge in [0.1, 0.15) is 5.75 Å². The molecule has 0 aliphatic rings. The number of rotatable bonds is 5. The zero-order chi connectivity index (χ0) is 14.5. The molecule has 1 aromatic carbocycles. The molecule has 0 saturated carbocycles. The van der Waals surface area contributed by atoms with Crippen LogP contribution in [0.15, 0.2) is 30.3 Å². The number of nitrogens with zero attached hydrogens (tertiary/aromatic N) is 1. The van der Waals surface area contributed by atoms with Crippen LogP contribution in [-0.2, 0) is 12.3 Å². The highest BCUT2D eigenvalue weighted by molar-refractivity contribution is 6.17. The number of aryl methyl sites for hydroxylation is 3. The summed E-state index contributed by atoms with van der Waals surface area (Å²) in [6.07, 6.45) is 2.00. The zero-order valence-corrected chi connectivity index (χ0v) is 13.0. The van der Waals surface area contributed by atoms with Gasteiger partial charge in [0.25, 0.3) is 0 Å². The first-order chi connectivity index (χ1) is 9.62. The summed E-state index contributed by atoms with van der Waals surface area (Å²) in [6.45, 7) is 6.23. The summed E-state index contributed by atoms with van der Waals surface area (Å²) >= 11 is 5.95. The third-order valence-electron chi connectivity index (χ3n) is 3.13. The van der Waals surface area contributed by atoms with Crippen molar-refractivity contribution in [3.05, 3.63) is 52.7 Å². The molecule has 2 rings (SSSR count). The SMILES string of the molecule is CCCc1cc(CCl)cc(Oc2cc(C)ccc2C)n1. The minimum absolute atomic E-state index is 0.475. The molecule has 0 aliphatic heterocycles. The fourth-order valence-electron chi connectivity index (χ4n) is 2.06. The van der Waals surface area contributed by atoms with E-state index in [-0.39, 0.29) is 0 Å². The maximum atomic E-state index is 5.95. The van der Waals surface area contributed by atoms with E-state index in [2.05, 4.69) is 31.0 Å². The van der Waals surface area contributed by atoms with E-state index < -0.39 is 0 Å². The average Bonchev–Trinajstić information content (AvgIpc) is 2.43. The van der Waals surface area contributed by atoms with Crippen molar-refractivity contribution in [3.63, 3.8) is 0 Å². The van der Waals surface area contributed by atoms with Crippen LogP contribution in [0.25, 0.3) is 0 Å². The molecule has 3 heteroatoms. The highest BCUT2D eigenvalue weighted by Gasteiger charge is 2.06. The number of hydrogen-bond donors (Lipinski definition) is 0. The topological polar surface area (TPSA) is 22.1 Å². The summed E-state index contributed by atoms with van der Waals surface area (Å²) in [4.78, 5) is 4.56. The van der Waals surface area contributed by atoms with Crippen molar-refractivity contribution in [1.82, 2.24) is 4.98 Å². The lowest BCUT2D eigenvalue weighted by Gasteiger charge is -2.11. The molecule has 2 nitrogen and oxygen atoms in total. The van der Waals surface area contributed by atoms with E-state index >= 15 is 0 Å². The third kappa shape index (κ3) is 3.73. The number of aromatic nitrogens is 1. The van der Waals surface area contributed by atoms with E-state index in [4.69, 9.17) is 16.3 Å². The molecule has 0 radical (unpaired) electrons. The Morgan fingerprint density at radius 1 is 1.15 bits per heavy atom. The molecular formula is C17H20ClNO. The number of alkyl halides is 1. The fourth-order valence-corrected chi connectivity index (χ4v) is 2.22. The molecule has 0 unspecified atom stereocenters. The molecule has 1 aromatic heterocycles. The van der Waals surface area contributed by atoms with E-state index in [1.54, 1.807) is 0 Å². The Labute approximate surface area is 125 Å². The van der Waals surface area contributed by atoms with E-state index in [0.29, 0.717) is 11.8 Å². The molecule has 0 bridgehead atoms. The number of pyridine rings is 1. The molecule has 20 heavy (non-hydrogen) atoms. The van der Waals surface area contributed by atoms with Gasteiger partial charge in [-0.2, -0.15) is 0 Å². The Kier molecular flexibility index (Phi) is 5.02. The first-order valence-corrected chi connectivity index (χ1v) is 7.46. The Morgan fingerprint density at radius 3 is 2.65 bits per heavy atom. The molecule has 106 valence electrons. The van der Waals surface area contributed by atoms with Crippen LogP contribution in [0.3, 0.4) is 0 Å². The van der Waals surface area contributed by atoms with Crippen molar-refractivity contribution in [1.29, 1.82) is 0 Å². The van der Waals surface area contributed by atoms with Crippen LogP contribution < -0.4 is 4.74 Å². The molecule has 0 amide bonds. The first-order valence-electron chi connectivity index (χ1n) is 6.93. The zero-order valence-electron chi connectivity index (χ0n) is 12.2. The molecule has 0 saturated heterocycles. The van der Waals surface area contributed by atoms with Crippen LogP contribution >= 0.6 is 11.6 Å². The normalized spacial score (nSPS) is 10.6. The molecule has 2 aromatic rings. The Balaban J connectivity index is 2.32. The largest absolute Gasteiger partial charge is 0.439 e. The summed E-state index contributed by atoms with van der Waals surface area (Å²) in [5.41, 5.74) is 4.36. The Hall–Kier alpha value is -1.54. The van der Waals surface area contributed by atoms with Gasteiger partial charge in [0.05, 0.1) is 0 Å². The smallest absolute Gasteiger partial charge is 0.219 e. The minimum Gasteiger partial charge on any atom is -0.439 e. The van der Waals surface area contributed by atoms with Crippen molar-refractivity contribution in [2.24, 2.45) is 0 Å². The fraction of sp³-hybridized carbons (Fsp3) is 0.353. The minimum atomic E-state index is 0.475. The lowest BCUT2D eigenvalue weighted by atomic mass is 10.1. The summed E-state index contributed by atoms with van der Waals surface area (Å²) in [6, 6.07) is 10.1. The highest BCUT2D eigenvalue weighted by Crippen LogP contribution is 2.26. The van der Waals surface area contributed by atoms with Gasteiger partial charge in [-0.25, -0.2) is 4.98 Å². The second-order valence-corrected chi connectivity index (χ2v) is 5.33. The maximum absolute atomic E-state index is 5.95. The van der Waals surface area contributed by atoms with Gasteiger partial charge in [0.15, 0.2) is 0 Å². The van der Waals surface area contributed by atoms with E-state index in [1.165, 1.54) is 5.56 Å². The van der Waals surface area contributed by atoms with Gasteiger partial charge in [0.2, 0.25) is 5.88 Å². The van der Waals surface area contributed by atoms with Gasteiger partial charge in [0, 0.05) is 17.6 Å². The van der Waals surface area contributed by atoms with Crippen molar-refractivity contribution >= 4 is 11.6 Å². The van der Waals surface area contributed by atoms with Crippen LogP contribution in [0.4, 0.5) is 0 Å². The van der Waals surface area contributed by atoms with Crippen molar-refractivity contribution in [2.75, 3.05) is 0 Å². The van der Waals surface area contributed by atoms with Crippen molar-refractivity contribution in [2.45, 2.75) is 39.5 Å². The Morgan fingerprint density at radius 2 is 1.95 bits per heavy atom. The van der Waals surface area contributed by atoms with Crippen molar-refractivity contribution in [3.8, 4) is 11.6 Å². The van der Waals surface area contributed by atoms with Gasteiger partial charge >= 0.3 is 0 Å². The lowest BCUT2D eigenvalue weighted by molar-refractivity contribution is 0.456. The van der Waals surface area contributed by atoms with Crippen LogP contribution in [0.1, 0.15) is 35.7 Å². The van der Waals surface area contributed by atoms with Crippen molar-refractivity contribution < 1.29 is 4.74 Å². The lowest BCUT2D eigenvalue weighted by Crippen LogP contribution is -1.97. The predicted molar refractivity (Wildman–Crippen MR) is 83.8 cm³/mol. The second kappa shape index (κ2) is 6.76. The number of hydrogen-bond acceptors (Lipinski definition) is 2. The Bertz CT molecular complexity index is 596. The summed E-state index contributed by atoms with van der Waals surface area (Å²) < 4.78 is 5.95. The molecule has 0 fully saturated rings. The highest BCUT2D eigenvalue weighted by atomic mass is 35.5. The second-order valence-electron chi connectivity index (χ2n) is 5.06. The summed E-state index contributed by atoms with van der Waals surface area (Å²) in [7, 11) is 0. The summed E-state index contributed by atoms with van der Waals surface area (Å²) in [5.74, 6) is 1.95. The van der Waals surface area contributed by atoms with Gasteiger partial charge in [-0.15, -0.1) is 11.6 Å². The number of ether oxygens (including phenoxy) is 1. The standard InChI is InChI=1S/C17H20ClNO/c1-4-5-15-9-14(11-18)10-17(19-15)20-16-8-12(2)6-7-13(16)3/h6-10H,4-5,11H2,1-3H3. The monoisotopic (exact) mass is 289 g/mol. The van der Waals surface area contributed by atoms with Crippen LogP contribution in [0.2, 0.25) is 0 Å². The molecule has 0 spiro atoms. The van der Waals surface area contributed by atoms with E-state index in [9.17, 15) is 0 Å². The quantitative estimate of drug-likeness (QED) is 0.707. The third-order valence-corrected chi connectivity index (χ3v) is 3.44. The molecule has 0 N–H and O–H groups in total. The van der Waals surface area contributed by atoms with Gasteiger partial charge < -0.3 is 4.74 Å². The molecule has 0 atom stereocenters. The van der Waals surface area contributed by atoms with E-state index in [0.717, 1.165) is 35.4 Å². The molecule has 1 heterocycles. The van der Waals surface area contributed by atoms with Crippen LogP contribution in [0.5, 0.6) is 11.6 Å². The average molecular weight is 290 g/mol. The predicted octanol–water partition coefficient (Wildman–Crippen LogP) is 5.18. The van der Waals surface area contributed by atoms with Gasteiger partial charge in [-0.3, -0.25) is 0 Å². The molecule has 0 aliphatic carbocycles. The number of halogens is 1. The first kappa shape index (κ1) is 14.9. The van der Waals surface area contributed by atoms with Crippen LogP contribution in [-0.4, -0.2) is 4.98 Å². The van der Waals surface area contributed by atoms with Gasteiger partial charge in [-0.05, 0) is 49.1 Å². The van der Waals surface area contributed by atoms with Gasteiger partial charge in [-0.1, -0.05) is 25.5 Å². The summed E-state index contributed by atoms with van der Waals surface area (Å²) in [5, 5.41) is 0.